The molecule has 0 unspecified atom stereocenters. The molecule has 0 atom stereocenters. The number of fused-ring (bicyclic) bond motifs is 1. The third-order valence-corrected chi connectivity index (χ3v) is 3.18. The van der Waals surface area contributed by atoms with Gasteiger partial charge in [-0.15, -0.1) is 5.10 Å². The van der Waals surface area contributed by atoms with Crippen molar-refractivity contribution >= 4 is 27.5 Å². The Morgan fingerprint density at radius 3 is 3.00 bits per heavy atom. The fraction of sp³-hybridized carbons (Fsp3) is 0.400. The third kappa shape index (κ3) is 1.71. The number of nitrogens with one attached hydrogen (secondary N) is 1. The van der Waals surface area contributed by atoms with E-state index in [0.717, 1.165) is 10.1 Å². The second kappa shape index (κ2) is 2.95. The number of hydrogen-bond donors (Lipinski definition) is 1. The van der Waals surface area contributed by atoms with Gasteiger partial charge in [-0.05, 0) is 47.8 Å². The first-order valence-corrected chi connectivity index (χ1v) is 5.74. The Morgan fingerprint density at radius 1 is 1.47 bits per heavy atom. The lowest BCUT2D eigenvalue weighted by atomic mass is 10.3. The van der Waals surface area contributed by atoms with Gasteiger partial charge in [0.1, 0.15) is 0 Å². The molecule has 0 amide bonds. The van der Waals surface area contributed by atoms with Crippen molar-refractivity contribution in [3.8, 4) is 0 Å². The van der Waals surface area contributed by atoms with Crippen LogP contribution in [0, 0.1) is 0 Å². The molecule has 4 nitrogen and oxygen atoms in total. The van der Waals surface area contributed by atoms with Crippen molar-refractivity contribution < 1.29 is 0 Å². The Labute approximate surface area is 95.8 Å². The summed E-state index contributed by atoms with van der Waals surface area (Å²) in [5.41, 5.74) is 1.09. The van der Waals surface area contributed by atoms with Gasteiger partial charge >= 0.3 is 0 Å². The Bertz CT molecular complexity index is 515. The number of rotatable bonds is 2. The second-order valence-corrected chi connectivity index (χ2v) is 5.19. The first kappa shape index (κ1) is 9.15. The standard InChI is InChI=1S/C10H11BrN4/c1-10(4-5-10)13-9-12-8-3-2-7(11)6-15(8)14-9/h2-3,6H,4-5H2,1H3,(H,13,14). The van der Waals surface area contributed by atoms with Crippen molar-refractivity contribution in [2.75, 3.05) is 5.32 Å². The summed E-state index contributed by atoms with van der Waals surface area (Å²) < 4.78 is 2.78. The summed E-state index contributed by atoms with van der Waals surface area (Å²) in [5, 5.41) is 7.71. The fourth-order valence-corrected chi connectivity index (χ4v) is 1.82. The molecular weight excluding hydrogens is 256 g/mol. The number of pyridine rings is 1. The van der Waals surface area contributed by atoms with Crippen LogP contribution in [0.25, 0.3) is 5.65 Å². The average Bonchev–Trinajstić information content (AvgIpc) is 2.76. The summed E-state index contributed by atoms with van der Waals surface area (Å²) in [6.07, 6.45) is 4.31. The predicted molar refractivity (Wildman–Crippen MR) is 61.9 cm³/mol. The molecular formula is C10H11BrN4. The highest BCUT2D eigenvalue weighted by Crippen LogP contribution is 2.37. The Morgan fingerprint density at radius 2 is 2.27 bits per heavy atom. The van der Waals surface area contributed by atoms with Gasteiger partial charge in [0, 0.05) is 16.2 Å². The van der Waals surface area contributed by atoms with Gasteiger partial charge < -0.3 is 5.32 Å². The number of aromatic nitrogens is 3. The van der Waals surface area contributed by atoms with Crippen LogP contribution >= 0.6 is 15.9 Å². The summed E-state index contributed by atoms with van der Waals surface area (Å²) in [6, 6.07) is 3.91. The van der Waals surface area contributed by atoms with Gasteiger partial charge in [-0.25, -0.2) is 4.52 Å². The molecule has 2 aromatic rings. The van der Waals surface area contributed by atoms with E-state index in [-0.39, 0.29) is 5.54 Å². The van der Waals surface area contributed by atoms with Crippen LogP contribution in [-0.4, -0.2) is 20.1 Å². The van der Waals surface area contributed by atoms with Crippen LogP contribution in [0.2, 0.25) is 0 Å². The van der Waals surface area contributed by atoms with Crippen molar-refractivity contribution in [2.45, 2.75) is 25.3 Å². The van der Waals surface area contributed by atoms with Crippen molar-refractivity contribution in [1.29, 1.82) is 0 Å². The number of anilines is 1. The summed E-state index contributed by atoms with van der Waals surface area (Å²) in [5.74, 6) is 0.716. The molecule has 3 rings (SSSR count). The van der Waals surface area contributed by atoms with E-state index in [0.29, 0.717) is 5.95 Å². The zero-order chi connectivity index (χ0) is 10.5. The Kier molecular flexibility index (Phi) is 1.80. The quantitative estimate of drug-likeness (QED) is 0.908. The smallest absolute Gasteiger partial charge is 0.243 e. The molecule has 1 N–H and O–H groups in total. The summed E-state index contributed by atoms with van der Waals surface area (Å²) >= 11 is 3.41. The lowest BCUT2D eigenvalue weighted by molar-refractivity contribution is 0.806. The molecule has 15 heavy (non-hydrogen) atoms. The van der Waals surface area contributed by atoms with Crippen LogP contribution in [0.1, 0.15) is 19.8 Å². The molecule has 5 heteroatoms. The van der Waals surface area contributed by atoms with E-state index in [1.165, 1.54) is 12.8 Å². The summed E-state index contributed by atoms with van der Waals surface area (Å²) in [7, 11) is 0. The molecule has 0 bridgehead atoms. The van der Waals surface area contributed by atoms with E-state index in [9.17, 15) is 0 Å². The first-order valence-electron chi connectivity index (χ1n) is 4.95. The van der Waals surface area contributed by atoms with Gasteiger partial charge in [-0.3, -0.25) is 0 Å². The van der Waals surface area contributed by atoms with Gasteiger partial charge in [0.05, 0.1) is 0 Å². The maximum Gasteiger partial charge on any atom is 0.243 e. The van der Waals surface area contributed by atoms with Gasteiger partial charge in [0.25, 0.3) is 0 Å². The van der Waals surface area contributed by atoms with Crippen LogP contribution < -0.4 is 5.32 Å². The van der Waals surface area contributed by atoms with E-state index in [2.05, 4.69) is 38.3 Å². The third-order valence-electron chi connectivity index (χ3n) is 2.71. The maximum absolute atomic E-state index is 4.40. The van der Waals surface area contributed by atoms with Gasteiger partial charge in [0.2, 0.25) is 5.95 Å². The zero-order valence-corrected chi connectivity index (χ0v) is 9.95. The number of hydrogen-bond acceptors (Lipinski definition) is 3. The highest BCUT2D eigenvalue weighted by atomic mass is 79.9. The molecule has 1 saturated carbocycles. The minimum Gasteiger partial charge on any atom is -0.348 e. The molecule has 1 aliphatic carbocycles. The highest BCUT2D eigenvalue weighted by Gasteiger charge is 2.38. The minimum atomic E-state index is 0.224. The maximum atomic E-state index is 4.40. The van der Waals surface area contributed by atoms with Crippen molar-refractivity contribution in [2.24, 2.45) is 0 Å². The first-order chi connectivity index (χ1) is 7.15. The lowest BCUT2D eigenvalue weighted by Crippen LogP contribution is -2.16. The van der Waals surface area contributed by atoms with Crippen LogP contribution in [0.4, 0.5) is 5.95 Å². The van der Waals surface area contributed by atoms with E-state index >= 15 is 0 Å². The molecule has 2 aromatic heterocycles. The van der Waals surface area contributed by atoms with Crippen LogP contribution in [0.5, 0.6) is 0 Å². The topological polar surface area (TPSA) is 42.2 Å². The van der Waals surface area contributed by atoms with Crippen LogP contribution in [-0.2, 0) is 0 Å². The average molecular weight is 267 g/mol. The molecule has 0 spiro atoms. The van der Waals surface area contributed by atoms with E-state index in [1.807, 2.05) is 18.3 Å². The molecule has 1 fully saturated rings. The van der Waals surface area contributed by atoms with E-state index in [4.69, 9.17) is 0 Å². The van der Waals surface area contributed by atoms with E-state index < -0.39 is 0 Å². The van der Waals surface area contributed by atoms with Gasteiger partial charge in [-0.2, -0.15) is 4.98 Å². The van der Waals surface area contributed by atoms with Gasteiger partial charge in [0.15, 0.2) is 5.65 Å². The number of nitrogens with zero attached hydrogens (tertiary/aromatic N) is 3. The van der Waals surface area contributed by atoms with E-state index in [1.54, 1.807) is 4.52 Å². The van der Waals surface area contributed by atoms with Crippen molar-refractivity contribution in [1.82, 2.24) is 14.6 Å². The Balaban J connectivity index is 1.99. The van der Waals surface area contributed by atoms with Crippen LogP contribution in [0.15, 0.2) is 22.8 Å². The second-order valence-electron chi connectivity index (χ2n) is 4.27. The fourth-order valence-electron chi connectivity index (χ4n) is 1.49. The predicted octanol–water partition coefficient (Wildman–Crippen LogP) is 2.46. The summed E-state index contributed by atoms with van der Waals surface area (Å²) in [6.45, 7) is 2.19. The Hall–Kier alpha value is -1.10. The molecule has 78 valence electrons. The molecule has 2 heterocycles. The minimum absolute atomic E-state index is 0.224. The van der Waals surface area contributed by atoms with Crippen LogP contribution in [0.3, 0.4) is 0 Å². The van der Waals surface area contributed by atoms with Gasteiger partial charge in [-0.1, -0.05) is 0 Å². The zero-order valence-electron chi connectivity index (χ0n) is 8.37. The molecule has 0 radical (unpaired) electrons. The molecule has 0 aromatic carbocycles. The normalized spacial score (nSPS) is 18.0. The molecule has 1 aliphatic rings. The van der Waals surface area contributed by atoms with Crippen molar-refractivity contribution in [3.05, 3.63) is 22.8 Å². The molecule has 0 aliphatic heterocycles. The SMILES string of the molecule is CC1(Nc2nc3ccc(Br)cn3n2)CC1. The number of halogens is 1. The monoisotopic (exact) mass is 266 g/mol. The largest absolute Gasteiger partial charge is 0.348 e. The highest BCUT2D eigenvalue weighted by molar-refractivity contribution is 9.10. The lowest BCUT2D eigenvalue weighted by Gasteiger charge is -2.07. The molecule has 0 saturated heterocycles. The van der Waals surface area contributed by atoms with Crippen molar-refractivity contribution in [3.63, 3.8) is 0 Å². The summed E-state index contributed by atoms with van der Waals surface area (Å²) in [4.78, 5) is 4.40.